The van der Waals surface area contributed by atoms with E-state index in [-0.39, 0.29) is 17.1 Å². The summed E-state index contributed by atoms with van der Waals surface area (Å²) in [7, 11) is 0. The Hall–Kier alpha value is -2.80. The monoisotopic (exact) mass is 371 g/mol. The number of hydrogen-bond acceptors (Lipinski definition) is 5. The SMILES string of the molecule is CC(C)n1c(C(=O)NN2CCOc3ccccc32)nc2c(Cl)nccc21. The fourth-order valence-electron chi connectivity index (χ4n) is 3.13. The van der Waals surface area contributed by atoms with Crippen molar-refractivity contribution >= 4 is 34.2 Å². The number of aromatic nitrogens is 3. The van der Waals surface area contributed by atoms with Crippen LogP contribution in [-0.2, 0) is 0 Å². The van der Waals surface area contributed by atoms with E-state index in [9.17, 15) is 4.79 Å². The van der Waals surface area contributed by atoms with Crippen LogP contribution < -0.4 is 15.2 Å². The van der Waals surface area contributed by atoms with Gasteiger partial charge in [-0.3, -0.25) is 15.2 Å². The molecule has 4 rings (SSSR count). The zero-order chi connectivity index (χ0) is 18.3. The van der Waals surface area contributed by atoms with E-state index in [2.05, 4.69) is 15.4 Å². The topological polar surface area (TPSA) is 72.3 Å². The van der Waals surface area contributed by atoms with Crippen LogP contribution in [-0.4, -0.2) is 33.6 Å². The molecular weight excluding hydrogens is 354 g/mol. The van der Waals surface area contributed by atoms with Gasteiger partial charge in [-0.15, -0.1) is 0 Å². The number of imidazole rings is 1. The molecule has 1 aliphatic heterocycles. The summed E-state index contributed by atoms with van der Waals surface area (Å²) in [4.78, 5) is 21.5. The molecule has 0 aliphatic carbocycles. The first-order valence-electron chi connectivity index (χ1n) is 8.39. The predicted octanol–water partition coefficient (Wildman–Crippen LogP) is 3.21. The van der Waals surface area contributed by atoms with E-state index in [4.69, 9.17) is 16.3 Å². The van der Waals surface area contributed by atoms with Crippen LogP contribution in [0.4, 0.5) is 5.69 Å². The van der Waals surface area contributed by atoms with Gasteiger partial charge in [0.1, 0.15) is 17.9 Å². The number of rotatable bonds is 3. The van der Waals surface area contributed by atoms with Crippen molar-refractivity contribution in [2.24, 2.45) is 0 Å². The lowest BCUT2D eigenvalue weighted by Gasteiger charge is -2.31. The van der Waals surface area contributed by atoms with Crippen LogP contribution in [0.25, 0.3) is 11.0 Å². The van der Waals surface area contributed by atoms with E-state index in [1.807, 2.05) is 48.7 Å². The van der Waals surface area contributed by atoms with Crippen LogP contribution in [0.2, 0.25) is 5.15 Å². The van der Waals surface area contributed by atoms with Crippen molar-refractivity contribution in [1.82, 2.24) is 20.0 Å². The number of anilines is 1. The molecule has 0 saturated carbocycles. The van der Waals surface area contributed by atoms with Crippen molar-refractivity contribution in [2.75, 3.05) is 18.2 Å². The maximum absolute atomic E-state index is 13.0. The Morgan fingerprint density at radius 2 is 2.12 bits per heavy atom. The lowest BCUT2D eigenvalue weighted by atomic mass is 10.2. The van der Waals surface area contributed by atoms with Crippen LogP contribution in [0.1, 0.15) is 30.5 Å². The molecule has 1 aromatic carbocycles. The third-order valence-corrected chi connectivity index (χ3v) is 4.52. The van der Waals surface area contributed by atoms with E-state index < -0.39 is 0 Å². The third kappa shape index (κ3) is 2.74. The Morgan fingerprint density at radius 1 is 1.31 bits per heavy atom. The van der Waals surface area contributed by atoms with Gasteiger partial charge in [-0.05, 0) is 32.0 Å². The Bertz CT molecular complexity index is 985. The number of para-hydroxylation sites is 2. The minimum atomic E-state index is -0.303. The van der Waals surface area contributed by atoms with Crippen molar-refractivity contribution in [3.05, 3.63) is 47.5 Å². The van der Waals surface area contributed by atoms with Crippen LogP contribution in [0.3, 0.4) is 0 Å². The van der Waals surface area contributed by atoms with Gasteiger partial charge in [-0.25, -0.2) is 9.97 Å². The van der Waals surface area contributed by atoms with Crippen molar-refractivity contribution in [3.8, 4) is 5.75 Å². The molecule has 0 bridgehead atoms. The first-order chi connectivity index (χ1) is 12.6. The van der Waals surface area contributed by atoms with E-state index >= 15 is 0 Å². The number of nitrogens with one attached hydrogen (secondary N) is 1. The molecule has 1 amide bonds. The summed E-state index contributed by atoms with van der Waals surface area (Å²) < 4.78 is 7.49. The summed E-state index contributed by atoms with van der Waals surface area (Å²) in [6.45, 7) is 5.03. The number of ether oxygens (including phenoxy) is 1. The predicted molar refractivity (Wildman–Crippen MR) is 99.7 cm³/mol. The smallest absolute Gasteiger partial charge is 0.305 e. The zero-order valence-corrected chi connectivity index (χ0v) is 15.2. The number of carbonyl (C=O) groups excluding carboxylic acids is 1. The van der Waals surface area contributed by atoms with Gasteiger partial charge in [0.25, 0.3) is 0 Å². The highest BCUT2D eigenvalue weighted by molar-refractivity contribution is 6.33. The quantitative estimate of drug-likeness (QED) is 0.716. The number of nitrogens with zero attached hydrogens (tertiary/aromatic N) is 4. The number of hydrogen-bond donors (Lipinski definition) is 1. The largest absolute Gasteiger partial charge is 0.489 e. The fraction of sp³-hybridized carbons (Fsp3) is 0.278. The fourth-order valence-corrected chi connectivity index (χ4v) is 3.33. The molecule has 1 N–H and O–H groups in total. The molecule has 3 aromatic rings. The Kier molecular flexibility index (Phi) is 4.16. The number of pyridine rings is 1. The minimum Gasteiger partial charge on any atom is -0.489 e. The first kappa shape index (κ1) is 16.7. The molecule has 134 valence electrons. The standard InChI is InChI=1S/C18H18ClN5O2/c1-11(2)24-13-7-8-20-16(19)15(13)21-17(24)18(25)22-23-9-10-26-14-6-4-3-5-12(14)23/h3-8,11H,9-10H2,1-2H3,(H,22,25). The molecule has 0 spiro atoms. The second-order valence-corrected chi connectivity index (χ2v) is 6.64. The minimum absolute atomic E-state index is 0.0381. The molecular formula is C18H18ClN5O2. The van der Waals surface area contributed by atoms with Crippen molar-refractivity contribution in [1.29, 1.82) is 0 Å². The molecule has 0 saturated heterocycles. The maximum atomic E-state index is 13.0. The number of amides is 1. The molecule has 0 unspecified atom stereocenters. The highest BCUT2D eigenvalue weighted by atomic mass is 35.5. The molecule has 8 heteroatoms. The van der Waals surface area contributed by atoms with Gasteiger partial charge in [0, 0.05) is 12.2 Å². The molecule has 1 aliphatic rings. The molecule has 7 nitrogen and oxygen atoms in total. The van der Waals surface area contributed by atoms with Gasteiger partial charge in [-0.2, -0.15) is 0 Å². The lowest BCUT2D eigenvalue weighted by Crippen LogP contribution is -2.47. The van der Waals surface area contributed by atoms with Gasteiger partial charge in [-0.1, -0.05) is 23.7 Å². The summed E-state index contributed by atoms with van der Waals surface area (Å²) >= 11 is 6.16. The maximum Gasteiger partial charge on any atom is 0.305 e. The van der Waals surface area contributed by atoms with E-state index in [1.54, 1.807) is 11.2 Å². The average Bonchev–Trinajstić information content (AvgIpc) is 3.03. The van der Waals surface area contributed by atoms with Crippen molar-refractivity contribution in [3.63, 3.8) is 0 Å². The van der Waals surface area contributed by atoms with Crippen LogP contribution in [0, 0.1) is 0 Å². The first-order valence-corrected chi connectivity index (χ1v) is 8.77. The highest BCUT2D eigenvalue weighted by Gasteiger charge is 2.25. The third-order valence-electron chi connectivity index (χ3n) is 4.25. The van der Waals surface area contributed by atoms with E-state index in [0.29, 0.717) is 24.5 Å². The van der Waals surface area contributed by atoms with Gasteiger partial charge < -0.3 is 9.30 Å². The van der Waals surface area contributed by atoms with Crippen LogP contribution in [0.5, 0.6) is 5.75 Å². The Morgan fingerprint density at radius 3 is 2.92 bits per heavy atom. The summed E-state index contributed by atoms with van der Waals surface area (Å²) in [6.07, 6.45) is 1.62. The summed E-state index contributed by atoms with van der Waals surface area (Å²) in [5.74, 6) is 0.736. The average molecular weight is 372 g/mol. The normalized spacial score (nSPS) is 13.6. The number of halogens is 1. The highest BCUT2D eigenvalue weighted by Crippen LogP contribution is 2.30. The molecule has 0 fully saturated rings. The second kappa shape index (κ2) is 6.49. The summed E-state index contributed by atoms with van der Waals surface area (Å²) in [6, 6.07) is 9.44. The van der Waals surface area contributed by atoms with Crippen molar-refractivity contribution in [2.45, 2.75) is 19.9 Å². The van der Waals surface area contributed by atoms with E-state index in [1.165, 1.54) is 0 Å². The van der Waals surface area contributed by atoms with Crippen LogP contribution >= 0.6 is 11.6 Å². The molecule has 0 atom stereocenters. The molecule has 3 heterocycles. The van der Waals surface area contributed by atoms with Gasteiger partial charge >= 0.3 is 5.91 Å². The zero-order valence-electron chi connectivity index (χ0n) is 14.4. The van der Waals surface area contributed by atoms with E-state index in [0.717, 1.165) is 17.0 Å². The lowest BCUT2D eigenvalue weighted by molar-refractivity contribution is 0.0929. The second-order valence-electron chi connectivity index (χ2n) is 6.28. The number of carbonyl (C=O) groups is 1. The van der Waals surface area contributed by atoms with Crippen molar-refractivity contribution < 1.29 is 9.53 Å². The number of hydrazine groups is 1. The van der Waals surface area contributed by atoms with Gasteiger partial charge in [0.05, 0.1) is 17.7 Å². The summed E-state index contributed by atoms with van der Waals surface area (Å²) in [5, 5.41) is 2.07. The molecule has 26 heavy (non-hydrogen) atoms. The molecule has 0 radical (unpaired) electrons. The van der Waals surface area contributed by atoms with Crippen LogP contribution in [0.15, 0.2) is 36.5 Å². The number of fused-ring (bicyclic) bond motifs is 2. The Labute approximate surface area is 155 Å². The van der Waals surface area contributed by atoms with Gasteiger partial charge in [0.2, 0.25) is 5.82 Å². The molecule has 2 aromatic heterocycles. The summed E-state index contributed by atoms with van der Waals surface area (Å²) in [5.41, 5.74) is 5.06. The Balaban J connectivity index is 1.72. The van der Waals surface area contributed by atoms with Gasteiger partial charge in [0.15, 0.2) is 5.15 Å². The number of benzene rings is 1.